The molecule has 1 aromatic heterocycles. The normalized spacial score (nSPS) is 15.5. The number of carbonyl (C=O) groups excluding carboxylic acids is 2. The number of thiocarbonyl (C=S) groups is 1. The predicted molar refractivity (Wildman–Crippen MR) is 118 cm³/mol. The molecule has 1 saturated heterocycles. The molecule has 2 heterocycles. The van der Waals surface area contributed by atoms with Crippen LogP contribution >= 0.6 is 39.9 Å². The summed E-state index contributed by atoms with van der Waals surface area (Å²) < 4.78 is 12.2. The molecule has 1 amide bonds. The van der Waals surface area contributed by atoms with Crippen molar-refractivity contribution < 1.29 is 18.7 Å². The zero-order valence-electron chi connectivity index (χ0n) is 15.1. The van der Waals surface area contributed by atoms with Gasteiger partial charge in [0.15, 0.2) is 0 Å². The van der Waals surface area contributed by atoms with Gasteiger partial charge in [-0.2, -0.15) is 0 Å². The van der Waals surface area contributed by atoms with E-state index in [1.54, 1.807) is 13.0 Å². The third kappa shape index (κ3) is 5.12. The summed E-state index contributed by atoms with van der Waals surface area (Å²) in [5.74, 6) is 0.883. The summed E-state index contributed by atoms with van der Waals surface area (Å²) in [7, 11) is 0. The van der Waals surface area contributed by atoms with Gasteiger partial charge in [-0.1, -0.05) is 52.0 Å². The molecule has 0 radical (unpaired) electrons. The third-order valence-electron chi connectivity index (χ3n) is 3.97. The highest BCUT2D eigenvalue weighted by atomic mass is 79.9. The Balaban J connectivity index is 1.65. The number of ether oxygens (including phenoxy) is 1. The lowest BCUT2D eigenvalue weighted by molar-refractivity contribution is -0.143. The molecule has 28 heavy (non-hydrogen) atoms. The Kier molecular flexibility index (Phi) is 7.09. The number of amides is 1. The molecule has 0 atom stereocenters. The highest BCUT2D eigenvalue weighted by Crippen LogP contribution is 2.34. The van der Waals surface area contributed by atoms with Gasteiger partial charge in [-0.05, 0) is 37.6 Å². The first-order valence-electron chi connectivity index (χ1n) is 8.74. The molecule has 0 spiro atoms. The van der Waals surface area contributed by atoms with Crippen molar-refractivity contribution in [2.75, 3.05) is 13.2 Å². The van der Waals surface area contributed by atoms with Gasteiger partial charge in [-0.15, -0.1) is 0 Å². The van der Waals surface area contributed by atoms with Gasteiger partial charge in [0.25, 0.3) is 5.91 Å². The van der Waals surface area contributed by atoms with E-state index in [4.69, 9.17) is 21.4 Å². The number of carbonyl (C=O) groups is 2. The van der Waals surface area contributed by atoms with Crippen LogP contribution in [-0.2, 0) is 14.3 Å². The van der Waals surface area contributed by atoms with E-state index in [0.717, 1.165) is 15.8 Å². The molecule has 0 unspecified atom stereocenters. The van der Waals surface area contributed by atoms with E-state index in [1.807, 2.05) is 36.4 Å². The molecule has 2 aromatic rings. The molecule has 3 rings (SSSR count). The summed E-state index contributed by atoms with van der Waals surface area (Å²) >= 11 is 9.96. The van der Waals surface area contributed by atoms with E-state index in [1.165, 1.54) is 16.7 Å². The standard InChI is InChI=1S/C20H18BrNO4S2/c1-2-25-18(23)4-3-11-22-19(24)17(28-20(22)27)12-15-9-10-16(26-15)13-5-7-14(21)8-6-13/h5-10,12H,2-4,11H2,1H3. The molecule has 0 bridgehead atoms. The first kappa shape index (κ1) is 20.8. The van der Waals surface area contributed by atoms with Crippen molar-refractivity contribution in [2.24, 2.45) is 0 Å². The smallest absolute Gasteiger partial charge is 0.305 e. The minimum Gasteiger partial charge on any atom is -0.466 e. The van der Waals surface area contributed by atoms with Crippen LogP contribution in [-0.4, -0.2) is 34.2 Å². The van der Waals surface area contributed by atoms with Gasteiger partial charge in [0, 0.05) is 29.1 Å². The minimum absolute atomic E-state index is 0.166. The number of furan rings is 1. The summed E-state index contributed by atoms with van der Waals surface area (Å²) in [6.45, 7) is 2.51. The van der Waals surface area contributed by atoms with Crippen molar-refractivity contribution >= 4 is 62.2 Å². The van der Waals surface area contributed by atoms with E-state index in [2.05, 4.69) is 15.9 Å². The highest BCUT2D eigenvalue weighted by Gasteiger charge is 2.32. The second kappa shape index (κ2) is 9.54. The molecule has 0 aliphatic carbocycles. The second-order valence-corrected chi connectivity index (χ2v) is 8.54. The molecule has 1 aliphatic rings. The van der Waals surface area contributed by atoms with E-state index >= 15 is 0 Å². The molecule has 1 aliphatic heterocycles. The Morgan fingerprint density at radius 2 is 2.04 bits per heavy atom. The quantitative estimate of drug-likeness (QED) is 0.306. The van der Waals surface area contributed by atoms with Gasteiger partial charge in [-0.3, -0.25) is 14.5 Å². The van der Waals surface area contributed by atoms with Crippen molar-refractivity contribution in [2.45, 2.75) is 19.8 Å². The molecular formula is C20H18BrNO4S2. The van der Waals surface area contributed by atoms with Gasteiger partial charge in [0.1, 0.15) is 15.8 Å². The predicted octanol–water partition coefficient (Wildman–Crippen LogP) is 5.25. The zero-order valence-corrected chi connectivity index (χ0v) is 18.4. The number of thioether (sulfide) groups is 1. The number of nitrogens with zero attached hydrogens (tertiary/aromatic N) is 1. The van der Waals surface area contributed by atoms with Gasteiger partial charge in [0.05, 0.1) is 11.5 Å². The van der Waals surface area contributed by atoms with E-state index in [-0.39, 0.29) is 18.3 Å². The van der Waals surface area contributed by atoms with Gasteiger partial charge < -0.3 is 9.15 Å². The van der Waals surface area contributed by atoms with Crippen LogP contribution in [0.3, 0.4) is 0 Å². The molecule has 1 fully saturated rings. The molecule has 8 heteroatoms. The number of esters is 1. The van der Waals surface area contributed by atoms with Crippen molar-refractivity contribution in [3.63, 3.8) is 0 Å². The number of halogens is 1. The van der Waals surface area contributed by atoms with Crippen LogP contribution in [0.2, 0.25) is 0 Å². The zero-order chi connectivity index (χ0) is 20.1. The van der Waals surface area contributed by atoms with Crippen LogP contribution in [0.5, 0.6) is 0 Å². The lowest BCUT2D eigenvalue weighted by Crippen LogP contribution is -2.29. The first-order chi connectivity index (χ1) is 13.5. The monoisotopic (exact) mass is 479 g/mol. The maximum absolute atomic E-state index is 12.6. The Morgan fingerprint density at radius 3 is 2.75 bits per heavy atom. The van der Waals surface area contributed by atoms with Crippen LogP contribution in [0.1, 0.15) is 25.5 Å². The number of hydrogen-bond acceptors (Lipinski definition) is 6. The van der Waals surface area contributed by atoms with Crippen molar-refractivity contribution in [3.05, 3.63) is 51.5 Å². The number of benzene rings is 1. The summed E-state index contributed by atoms with van der Waals surface area (Å²) in [4.78, 5) is 26.1. The average Bonchev–Trinajstić information content (AvgIpc) is 3.23. The molecule has 146 valence electrons. The van der Waals surface area contributed by atoms with E-state index in [9.17, 15) is 9.59 Å². The Hall–Kier alpha value is -1.90. The van der Waals surface area contributed by atoms with Crippen LogP contribution in [0.4, 0.5) is 0 Å². The fourth-order valence-electron chi connectivity index (χ4n) is 2.64. The summed E-state index contributed by atoms with van der Waals surface area (Å²) in [5, 5.41) is 0. The van der Waals surface area contributed by atoms with Crippen LogP contribution in [0, 0.1) is 0 Å². The molecule has 0 N–H and O–H groups in total. The SMILES string of the molecule is CCOC(=O)CCCN1C(=O)C(=Cc2ccc(-c3ccc(Br)cc3)o2)SC1=S. The lowest BCUT2D eigenvalue weighted by atomic mass is 10.2. The largest absolute Gasteiger partial charge is 0.466 e. The molecule has 0 saturated carbocycles. The minimum atomic E-state index is -0.264. The maximum Gasteiger partial charge on any atom is 0.305 e. The maximum atomic E-state index is 12.6. The van der Waals surface area contributed by atoms with Crippen LogP contribution in [0.15, 0.2) is 50.2 Å². The second-order valence-electron chi connectivity index (χ2n) is 5.95. The van der Waals surface area contributed by atoms with E-state index in [0.29, 0.717) is 34.6 Å². The third-order valence-corrected chi connectivity index (χ3v) is 5.88. The van der Waals surface area contributed by atoms with Crippen molar-refractivity contribution in [3.8, 4) is 11.3 Å². The van der Waals surface area contributed by atoms with Gasteiger partial charge in [0.2, 0.25) is 0 Å². The van der Waals surface area contributed by atoms with E-state index < -0.39 is 0 Å². The number of hydrogen-bond donors (Lipinski definition) is 0. The summed E-state index contributed by atoms with van der Waals surface area (Å²) in [6.07, 6.45) is 2.47. The molecule has 5 nitrogen and oxygen atoms in total. The molecular weight excluding hydrogens is 462 g/mol. The van der Waals surface area contributed by atoms with Crippen LogP contribution in [0.25, 0.3) is 17.4 Å². The van der Waals surface area contributed by atoms with Crippen molar-refractivity contribution in [1.29, 1.82) is 0 Å². The Labute approximate surface area is 181 Å². The van der Waals surface area contributed by atoms with Gasteiger partial charge >= 0.3 is 5.97 Å². The first-order valence-corrected chi connectivity index (χ1v) is 10.8. The summed E-state index contributed by atoms with van der Waals surface area (Å²) in [5.41, 5.74) is 0.953. The lowest BCUT2D eigenvalue weighted by Gasteiger charge is -2.13. The number of rotatable bonds is 7. The summed E-state index contributed by atoms with van der Waals surface area (Å²) in [6, 6.07) is 11.5. The topological polar surface area (TPSA) is 59.8 Å². The van der Waals surface area contributed by atoms with Crippen molar-refractivity contribution in [1.82, 2.24) is 4.90 Å². The Morgan fingerprint density at radius 1 is 1.29 bits per heavy atom. The highest BCUT2D eigenvalue weighted by molar-refractivity contribution is 9.10. The average molecular weight is 480 g/mol. The fraction of sp³-hybridized carbons (Fsp3) is 0.250. The Bertz CT molecular complexity index is 921. The fourth-order valence-corrected chi connectivity index (χ4v) is 4.19. The molecule has 1 aromatic carbocycles. The van der Waals surface area contributed by atoms with Gasteiger partial charge in [-0.25, -0.2) is 0 Å². The van der Waals surface area contributed by atoms with Crippen LogP contribution < -0.4 is 0 Å².